The fraction of sp³-hybridized carbons (Fsp3) is 0.700. The number of rotatable bonds is 16. The second-order valence-corrected chi connectivity index (χ2v) is 8.39. The van der Waals surface area contributed by atoms with Gasteiger partial charge in [0.25, 0.3) is 0 Å². The third-order valence-corrected chi connectivity index (χ3v) is 4.63. The molecule has 0 aliphatic heterocycles. The molecule has 14 nitrogen and oxygen atoms in total. The Balaban J connectivity index is 5.48. The molecule has 0 spiro atoms. The number of carboxylic acid groups (broad SMARTS) is 1. The number of carbonyl (C=O) groups is 5. The Morgan fingerprint density at radius 1 is 0.824 bits per heavy atom. The smallest absolute Gasteiger partial charge is 0.326 e. The Morgan fingerprint density at radius 2 is 1.35 bits per heavy atom. The van der Waals surface area contributed by atoms with Crippen molar-refractivity contribution in [1.82, 2.24) is 16.0 Å². The lowest BCUT2D eigenvalue weighted by molar-refractivity contribution is -0.142. The summed E-state index contributed by atoms with van der Waals surface area (Å²) in [6, 6.07) is -4.35. The number of guanidine groups is 1. The number of nitrogens with two attached hydrogens (primary N) is 4. The summed E-state index contributed by atoms with van der Waals surface area (Å²) < 4.78 is 0. The monoisotopic (exact) mass is 486 g/mol. The van der Waals surface area contributed by atoms with Crippen LogP contribution in [0.1, 0.15) is 52.9 Å². The molecule has 4 amide bonds. The summed E-state index contributed by atoms with van der Waals surface area (Å²) in [6.45, 7) is 5.31. The highest BCUT2D eigenvalue weighted by atomic mass is 16.4. The minimum atomic E-state index is -1.36. The number of aliphatic carboxylic acids is 1. The first-order chi connectivity index (χ1) is 15.7. The van der Waals surface area contributed by atoms with Crippen molar-refractivity contribution in [2.24, 2.45) is 33.8 Å². The molecule has 0 fully saturated rings. The first kappa shape index (κ1) is 30.6. The summed E-state index contributed by atoms with van der Waals surface area (Å²) >= 11 is 0. The molecule has 0 aromatic carbocycles. The van der Waals surface area contributed by atoms with Crippen molar-refractivity contribution in [2.45, 2.75) is 77.0 Å². The van der Waals surface area contributed by atoms with Crippen molar-refractivity contribution in [2.75, 3.05) is 6.54 Å². The average molecular weight is 487 g/mol. The average Bonchev–Trinajstić information content (AvgIpc) is 2.71. The van der Waals surface area contributed by atoms with Crippen LogP contribution in [0, 0.1) is 5.92 Å². The van der Waals surface area contributed by atoms with Crippen molar-refractivity contribution in [3.8, 4) is 0 Å². The molecule has 0 bridgehead atoms. The van der Waals surface area contributed by atoms with E-state index in [1.807, 2.05) is 13.8 Å². The molecule has 0 heterocycles. The molecular formula is C20H38N8O6. The number of primary amides is 1. The fourth-order valence-corrected chi connectivity index (χ4v) is 2.87. The largest absolute Gasteiger partial charge is 0.480 e. The molecule has 0 aromatic rings. The highest BCUT2D eigenvalue weighted by Crippen LogP contribution is 2.08. The number of carbonyl (C=O) groups excluding carboxylic acids is 4. The molecule has 0 aliphatic rings. The maximum atomic E-state index is 13.0. The van der Waals surface area contributed by atoms with E-state index in [2.05, 4.69) is 20.9 Å². The van der Waals surface area contributed by atoms with Gasteiger partial charge in [0, 0.05) is 13.0 Å². The number of carboxylic acids is 1. The Hall–Kier alpha value is -3.42. The number of hydrogen-bond donors (Lipinski definition) is 8. The van der Waals surface area contributed by atoms with Gasteiger partial charge in [-0.3, -0.25) is 24.2 Å². The van der Waals surface area contributed by atoms with Crippen molar-refractivity contribution in [3.63, 3.8) is 0 Å². The maximum Gasteiger partial charge on any atom is 0.326 e. The van der Waals surface area contributed by atoms with Crippen LogP contribution in [-0.4, -0.2) is 71.4 Å². The van der Waals surface area contributed by atoms with Crippen LogP contribution in [0.5, 0.6) is 0 Å². The van der Waals surface area contributed by atoms with Crippen LogP contribution in [-0.2, 0) is 24.0 Å². The Morgan fingerprint density at radius 3 is 1.82 bits per heavy atom. The molecule has 194 valence electrons. The third kappa shape index (κ3) is 13.2. The van der Waals surface area contributed by atoms with Gasteiger partial charge >= 0.3 is 5.97 Å². The normalized spacial score (nSPS) is 14.3. The Labute approximate surface area is 198 Å². The molecule has 0 aliphatic carbocycles. The molecular weight excluding hydrogens is 448 g/mol. The summed E-state index contributed by atoms with van der Waals surface area (Å²) in [7, 11) is 0. The minimum Gasteiger partial charge on any atom is -0.480 e. The third-order valence-electron chi connectivity index (χ3n) is 4.63. The van der Waals surface area contributed by atoms with Gasteiger partial charge < -0.3 is 44.0 Å². The molecule has 14 heteroatoms. The quantitative estimate of drug-likeness (QED) is 0.0637. The van der Waals surface area contributed by atoms with E-state index in [1.54, 1.807) is 0 Å². The van der Waals surface area contributed by atoms with Gasteiger partial charge in [0.1, 0.15) is 18.1 Å². The lowest BCUT2D eigenvalue weighted by Gasteiger charge is -2.25. The van der Waals surface area contributed by atoms with Crippen LogP contribution in [0.3, 0.4) is 0 Å². The minimum absolute atomic E-state index is 0.0380. The highest BCUT2D eigenvalue weighted by molar-refractivity contribution is 5.94. The lowest BCUT2D eigenvalue weighted by Crippen LogP contribution is -2.57. The number of nitrogens with one attached hydrogen (secondary N) is 3. The van der Waals surface area contributed by atoms with Crippen LogP contribution in [0.4, 0.5) is 0 Å². The Kier molecular flexibility index (Phi) is 13.9. The maximum absolute atomic E-state index is 13.0. The topological polar surface area (TPSA) is 258 Å². The van der Waals surface area contributed by atoms with E-state index in [9.17, 15) is 29.1 Å². The lowest BCUT2D eigenvalue weighted by atomic mass is 10.0. The SMILES string of the molecule is CC(C)CC(NC(=O)C(CCCN=C(N)N)NC(=O)C(C)N)C(=O)NC(CCC(N)=O)C(=O)O. The van der Waals surface area contributed by atoms with Gasteiger partial charge in [-0.15, -0.1) is 0 Å². The van der Waals surface area contributed by atoms with Gasteiger partial charge in [-0.25, -0.2) is 4.79 Å². The van der Waals surface area contributed by atoms with E-state index in [4.69, 9.17) is 22.9 Å². The van der Waals surface area contributed by atoms with Crippen LogP contribution in [0.2, 0.25) is 0 Å². The van der Waals surface area contributed by atoms with Crippen molar-refractivity contribution >= 4 is 35.6 Å². The van der Waals surface area contributed by atoms with Gasteiger partial charge in [0.2, 0.25) is 23.6 Å². The zero-order valence-corrected chi connectivity index (χ0v) is 19.9. The summed E-state index contributed by atoms with van der Waals surface area (Å²) in [5.74, 6) is -4.15. The summed E-state index contributed by atoms with van der Waals surface area (Å²) in [5.41, 5.74) is 21.2. The molecule has 0 rings (SSSR count). The number of aliphatic imine (C=N–C) groups is 1. The van der Waals surface area contributed by atoms with E-state index >= 15 is 0 Å². The van der Waals surface area contributed by atoms with Crippen LogP contribution >= 0.6 is 0 Å². The van der Waals surface area contributed by atoms with Crippen LogP contribution in [0.15, 0.2) is 4.99 Å². The standard InChI is InChI=1S/C20H38N8O6/c1-10(2)9-14(18(32)27-13(19(33)34)6-7-15(22)29)28-17(31)12(26-16(30)11(3)21)5-4-8-25-20(23)24/h10-14H,4-9,21H2,1-3H3,(H2,22,29)(H,26,30)(H,27,32)(H,28,31)(H,33,34)(H4,23,24,25). The van der Waals surface area contributed by atoms with Gasteiger partial charge in [0.15, 0.2) is 5.96 Å². The molecule has 4 atom stereocenters. The molecule has 12 N–H and O–H groups in total. The predicted octanol–water partition coefficient (Wildman–Crippen LogP) is -2.76. The molecule has 4 unspecified atom stereocenters. The van der Waals surface area contributed by atoms with Crippen LogP contribution in [0.25, 0.3) is 0 Å². The number of nitrogens with zero attached hydrogens (tertiary/aromatic N) is 1. The van der Waals surface area contributed by atoms with E-state index in [0.717, 1.165) is 0 Å². The summed E-state index contributed by atoms with van der Waals surface area (Å²) in [5, 5.41) is 16.8. The molecule has 0 radical (unpaired) electrons. The number of amides is 4. The van der Waals surface area contributed by atoms with E-state index in [1.165, 1.54) is 6.92 Å². The van der Waals surface area contributed by atoms with Crippen molar-refractivity contribution < 1.29 is 29.1 Å². The van der Waals surface area contributed by atoms with Gasteiger partial charge in [0.05, 0.1) is 6.04 Å². The molecule has 0 saturated carbocycles. The molecule has 0 saturated heterocycles. The van der Waals surface area contributed by atoms with E-state index in [0.29, 0.717) is 6.42 Å². The van der Waals surface area contributed by atoms with Crippen molar-refractivity contribution in [3.05, 3.63) is 0 Å². The summed E-state index contributed by atoms with van der Waals surface area (Å²) in [4.78, 5) is 64.1. The molecule has 0 aromatic heterocycles. The molecule has 34 heavy (non-hydrogen) atoms. The second kappa shape index (κ2) is 15.4. The zero-order chi connectivity index (χ0) is 26.4. The van der Waals surface area contributed by atoms with Gasteiger partial charge in [-0.1, -0.05) is 13.8 Å². The zero-order valence-electron chi connectivity index (χ0n) is 19.9. The first-order valence-corrected chi connectivity index (χ1v) is 11.0. The predicted molar refractivity (Wildman–Crippen MR) is 125 cm³/mol. The first-order valence-electron chi connectivity index (χ1n) is 11.0. The fourth-order valence-electron chi connectivity index (χ4n) is 2.87. The van der Waals surface area contributed by atoms with Gasteiger partial charge in [-0.2, -0.15) is 0 Å². The highest BCUT2D eigenvalue weighted by Gasteiger charge is 2.30. The van der Waals surface area contributed by atoms with E-state index in [-0.39, 0.29) is 44.1 Å². The van der Waals surface area contributed by atoms with Gasteiger partial charge in [-0.05, 0) is 38.5 Å². The van der Waals surface area contributed by atoms with Crippen molar-refractivity contribution in [1.29, 1.82) is 0 Å². The number of hydrogen-bond acceptors (Lipinski definition) is 7. The second-order valence-electron chi connectivity index (χ2n) is 8.39. The van der Waals surface area contributed by atoms with Crippen LogP contribution < -0.4 is 38.9 Å². The van der Waals surface area contributed by atoms with E-state index < -0.39 is 53.8 Å². The Bertz CT molecular complexity index is 751. The summed E-state index contributed by atoms with van der Waals surface area (Å²) in [6.07, 6.45) is 0.274.